The molecule has 0 N–H and O–H groups in total. The first-order valence-corrected chi connectivity index (χ1v) is 10.1. The van der Waals surface area contributed by atoms with Gasteiger partial charge >= 0.3 is 0 Å². The maximum atomic E-state index is 12.8. The van der Waals surface area contributed by atoms with E-state index in [4.69, 9.17) is 16.3 Å². The van der Waals surface area contributed by atoms with E-state index in [9.17, 15) is 4.79 Å². The summed E-state index contributed by atoms with van der Waals surface area (Å²) in [7, 11) is 0. The number of hydrogen-bond acceptors (Lipinski definition) is 3. The predicted octanol–water partition coefficient (Wildman–Crippen LogP) is 5.72. The number of hydrazone groups is 1. The lowest BCUT2D eigenvalue weighted by Gasteiger charge is -2.12. The van der Waals surface area contributed by atoms with E-state index in [2.05, 4.69) is 5.10 Å². The van der Waals surface area contributed by atoms with Gasteiger partial charge in [-0.3, -0.25) is 4.79 Å². The predicted molar refractivity (Wildman–Crippen MR) is 120 cm³/mol. The standard InChI is InChI=1S/C25H21ClN2O2/c1-18-23(25(29)28(27-18)16-21-9-5-6-10-24(21)26)15-19-11-13-22(14-12-19)30-17-20-7-3-2-4-8-20/h2-15H,16-17H2,1H3/b23-15-. The summed E-state index contributed by atoms with van der Waals surface area (Å²) in [6.07, 6.45) is 1.86. The van der Waals surface area contributed by atoms with Crippen LogP contribution >= 0.6 is 11.6 Å². The van der Waals surface area contributed by atoms with E-state index in [0.717, 1.165) is 22.4 Å². The summed E-state index contributed by atoms with van der Waals surface area (Å²) in [5, 5.41) is 6.50. The highest BCUT2D eigenvalue weighted by Gasteiger charge is 2.27. The number of carbonyl (C=O) groups excluding carboxylic acids is 1. The summed E-state index contributed by atoms with van der Waals surface area (Å²) in [6, 6.07) is 25.2. The monoisotopic (exact) mass is 416 g/mol. The lowest BCUT2D eigenvalue weighted by Crippen LogP contribution is -2.21. The molecule has 1 heterocycles. The lowest BCUT2D eigenvalue weighted by atomic mass is 10.1. The molecule has 0 bridgehead atoms. The van der Waals surface area contributed by atoms with E-state index in [0.29, 0.717) is 29.5 Å². The Morgan fingerprint density at radius 3 is 2.40 bits per heavy atom. The fourth-order valence-corrected chi connectivity index (χ4v) is 3.40. The van der Waals surface area contributed by atoms with Crippen LogP contribution in [0.3, 0.4) is 0 Å². The van der Waals surface area contributed by atoms with Crippen LogP contribution < -0.4 is 4.74 Å². The van der Waals surface area contributed by atoms with E-state index < -0.39 is 0 Å². The van der Waals surface area contributed by atoms with Gasteiger partial charge in [0.05, 0.1) is 17.8 Å². The molecule has 0 spiro atoms. The highest BCUT2D eigenvalue weighted by molar-refractivity contribution is 6.31. The molecule has 4 rings (SSSR count). The first-order chi connectivity index (χ1) is 14.6. The zero-order chi connectivity index (χ0) is 20.9. The van der Waals surface area contributed by atoms with Gasteiger partial charge in [0, 0.05) is 5.02 Å². The van der Waals surface area contributed by atoms with Crippen LogP contribution in [0.4, 0.5) is 0 Å². The molecule has 3 aromatic carbocycles. The number of benzene rings is 3. The van der Waals surface area contributed by atoms with Gasteiger partial charge in [-0.25, -0.2) is 5.01 Å². The smallest absolute Gasteiger partial charge is 0.276 e. The number of amides is 1. The molecule has 3 aromatic rings. The summed E-state index contributed by atoms with van der Waals surface area (Å²) in [4.78, 5) is 12.8. The Morgan fingerprint density at radius 2 is 1.67 bits per heavy atom. The molecule has 0 aromatic heterocycles. The van der Waals surface area contributed by atoms with Crippen molar-refractivity contribution in [2.75, 3.05) is 0 Å². The minimum atomic E-state index is -0.128. The van der Waals surface area contributed by atoms with Crippen LogP contribution in [0.5, 0.6) is 5.75 Å². The molecular formula is C25H21ClN2O2. The van der Waals surface area contributed by atoms with Gasteiger partial charge < -0.3 is 4.74 Å². The Bertz CT molecular complexity index is 1110. The Labute approximate surface area is 181 Å². The molecule has 0 atom stereocenters. The van der Waals surface area contributed by atoms with E-state index in [1.54, 1.807) is 0 Å². The second kappa shape index (κ2) is 8.97. The summed E-state index contributed by atoms with van der Waals surface area (Å²) < 4.78 is 5.82. The molecular weight excluding hydrogens is 396 g/mol. The van der Waals surface area contributed by atoms with Crippen LogP contribution in [0.1, 0.15) is 23.6 Å². The average molecular weight is 417 g/mol. The van der Waals surface area contributed by atoms with E-state index >= 15 is 0 Å². The van der Waals surface area contributed by atoms with Crippen molar-refractivity contribution in [1.29, 1.82) is 0 Å². The van der Waals surface area contributed by atoms with Crippen molar-refractivity contribution in [2.45, 2.75) is 20.1 Å². The molecule has 0 fully saturated rings. The molecule has 0 radical (unpaired) electrons. The summed E-state index contributed by atoms with van der Waals surface area (Å²) in [6.45, 7) is 2.70. The van der Waals surface area contributed by atoms with Crippen LogP contribution in [-0.2, 0) is 17.9 Å². The van der Waals surface area contributed by atoms with E-state index in [1.165, 1.54) is 5.01 Å². The topological polar surface area (TPSA) is 41.9 Å². The van der Waals surface area contributed by atoms with Crippen molar-refractivity contribution >= 4 is 29.3 Å². The van der Waals surface area contributed by atoms with Crippen molar-refractivity contribution in [3.05, 3.63) is 106 Å². The number of hydrogen-bond donors (Lipinski definition) is 0. The molecule has 0 saturated heterocycles. The van der Waals surface area contributed by atoms with Gasteiger partial charge in [-0.2, -0.15) is 5.10 Å². The molecule has 1 aliphatic heterocycles. The molecule has 0 aliphatic carbocycles. The lowest BCUT2D eigenvalue weighted by molar-refractivity contribution is -0.126. The van der Waals surface area contributed by atoms with Gasteiger partial charge in [0.25, 0.3) is 5.91 Å². The minimum absolute atomic E-state index is 0.128. The second-order valence-corrected chi connectivity index (χ2v) is 7.45. The molecule has 30 heavy (non-hydrogen) atoms. The van der Waals surface area contributed by atoms with Gasteiger partial charge in [-0.15, -0.1) is 0 Å². The van der Waals surface area contributed by atoms with Gasteiger partial charge in [0.1, 0.15) is 12.4 Å². The van der Waals surface area contributed by atoms with Gasteiger partial charge in [0.2, 0.25) is 0 Å². The molecule has 5 heteroatoms. The van der Waals surface area contributed by atoms with Crippen molar-refractivity contribution in [3.63, 3.8) is 0 Å². The second-order valence-electron chi connectivity index (χ2n) is 7.04. The fraction of sp³-hybridized carbons (Fsp3) is 0.120. The van der Waals surface area contributed by atoms with Gasteiger partial charge in [-0.05, 0) is 47.9 Å². The maximum absolute atomic E-state index is 12.8. The molecule has 0 unspecified atom stereocenters. The van der Waals surface area contributed by atoms with Gasteiger partial charge in [0.15, 0.2) is 0 Å². The van der Waals surface area contributed by atoms with Crippen molar-refractivity contribution < 1.29 is 9.53 Å². The Hall–Kier alpha value is -3.37. The highest BCUT2D eigenvalue weighted by Crippen LogP contribution is 2.24. The molecule has 0 saturated carbocycles. The van der Waals surface area contributed by atoms with Crippen molar-refractivity contribution in [2.24, 2.45) is 5.10 Å². The van der Waals surface area contributed by atoms with E-state index in [1.807, 2.05) is 91.9 Å². The number of rotatable bonds is 6. The SMILES string of the molecule is CC1=NN(Cc2ccccc2Cl)C(=O)/C1=C\c1ccc(OCc2ccccc2)cc1. The van der Waals surface area contributed by atoms with Gasteiger partial charge in [-0.1, -0.05) is 72.3 Å². The summed E-state index contributed by atoms with van der Waals surface area (Å²) in [5.74, 6) is 0.654. The molecule has 1 amide bonds. The normalized spacial score (nSPS) is 14.9. The fourth-order valence-electron chi connectivity index (χ4n) is 3.20. The molecule has 4 nitrogen and oxygen atoms in total. The quantitative estimate of drug-likeness (QED) is 0.482. The third-order valence-electron chi connectivity index (χ3n) is 4.84. The Kier molecular flexibility index (Phi) is 5.96. The first kappa shape index (κ1) is 19.9. The maximum Gasteiger partial charge on any atom is 0.276 e. The largest absolute Gasteiger partial charge is 0.489 e. The highest BCUT2D eigenvalue weighted by atomic mass is 35.5. The number of halogens is 1. The van der Waals surface area contributed by atoms with Crippen LogP contribution in [0.25, 0.3) is 6.08 Å². The number of nitrogens with zero attached hydrogens (tertiary/aromatic N) is 2. The number of carbonyl (C=O) groups is 1. The van der Waals surface area contributed by atoms with E-state index in [-0.39, 0.29) is 5.91 Å². The van der Waals surface area contributed by atoms with Crippen LogP contribution in [0.2, 0.25) is 5.02 Å². The van der Waals surface area contributed by atoms with Crippen molar-refractivity contribution in [3.8, 4) is 5.75 Å². The zero-order valence-electron chi connectivity index (χ0n) is 16.6. The van der Waals surface area contributed by atoms with Crippen LogP contribution in [0.15, 0.2) is 89.5 Å². The molecule has 1 aliphatic rings. The van der Waals surface area contributed by atoms with Crippen molar-refractivity contribution in [1.82, 2.24) is 5.01 Å². The first-order valence-electron chi connectivity index (χ1n) is 9.69. The zero-order valence-corrected chi connectivity index (χ0v) is 17.3. The Morgan fingerprint density at radius 1 is 0.967 bits per heavy atom. The number of ether oxygens (including phenoxy) is 1. The minimum Gasteiger partial charge on any atom is -0.489 e. The average Bonchev–Trinajstić information content (AvgIpc) is 3.03. The van der Waals surface area contributed by atoms with Crippen LogP contribution in [-0.4, -0.2) is 16.6 Å². The van der Waals surface area contributed by atoms with Crippen LogP contribution in [0, 0.1) is 0 Å². The Balaban J connectivity index is 1.43. The summed E-state index contributed by atoms with van der Waals surface area (Å²) in [5.41, 5.74) is 4.17. The third-order valence-corrected chi connectivity index (χ3v) is 5.21. The summed E-state index contributed by atoms with van der Waals surface area (Å²) >= 11 is 6.22. The molecule has 150 valence electrons. The third kappa shape index (κ3) is 4.61.